The zero-order chi connectivity index (χ0) is 14.6. The molecule has 0 aliphatic carbocycles. The monoisotopic (exact) mass is 270 g/mol. The van der Waals surface area contributed by atoms with Crippen LogP contribution >= 0.6 is 0 Å². The molecule has 1 atom stereocenters. The fourth-order valence-corrected chi connectivity index (χ4v) is 1.58. The van der Waals surface area contributed by atoms with Gasteiger partial charge in [0.1, 0.15) is 0 Å². The Hall–Kier alpha value is -2.09. The molecule has 0 aliphatic heterocycles. The van der Waals surface area contributed by atoms with Crippen LogP contribution in [0.1, 0.15) is 17.0 Å². The van der Waals surface area contributed by atoms with E-state index in [4.69, 9.17) is 10.2 Å². The van der Waals surface area contributed by atoms with E-state index in [-0.39, 0.29) is 6.54 Å². The molecule has 8 heteroatoms. The third-order valence-electron chi connectivity index (χ3n) is 2.83. The molecule has 0 saturated heterocycles. The van der Waals surface area contributed by atoms with Crippen molar-refractivity contribution in [2.45, 2.75) is 26.5 Å². The maximum absolute atomic E-state index is 11.4. The van der Waals surface area contributed by atoms with Gasteiger partial charge < -0.3 is 20.8 Å². The molecule has 0 aliphatic rings. The molecule has 0 bridgehead atoms. The first-order valence-corrected chi connectivity index (χ1v) is 5.74. The maximum Gasteiger partial charge on any atom is 0.334 e. The van der Waals surface area contributed by atoms with Crippen LogP contribution in [0.25, 0.3) is 0 Å². The first kappa shape index (κ1) is 15.0. The standard InChI is InChI=1S/C11H18N4O4/c1-6-8(7(2)15(3)14-6)4-12-11(19)13-5-9(16)10(17)18/h9,16H,4-5H2,1-3H3,(H,17,18)(H2,12,13,19)/t9-/m0/s1. The number of carbonyl (C=O) groups is 2. The molecule has 8 nitrogen and oxygen atoms in total. The molecule has 0 unspecified atom stereocenters. The van der Waals surface area contributed by atoms with Gasteiger partial charge in [-0.25, -0.2) is 9.59 Å². The number of rotatable bonds is 5. The summed E-state index contributed by atoms with van der Waals surface area (Å²) in [5, 5.41) is 26.5. The largest absolute Gasteiger partial charge is 0.479 e. The summed E-state index contributed by atoms with van der Waals surface area (Å²) in [6.45, 7) is 3.69. The van der Waals surface area contributed by atoms with Crippen molar-refractivity contribution in [3.8, 4) is 0 Å². The molecule has 0 fully saturated rings. The summed E-state index contributed by atoms with van der Waals surface area (Å²) in [4.78, 5) is 21.8. The van der Waals surface area contributed by atoms with Crippen LogP contribution in [-0.2, 0) is 18.4 Å². The van der Waals surface area contributed by atoms with Gasteiger partial charge in [-0.3, -0.25) is 4.68 Å². The van der Waals surface area contributed by atoms with Crippen molar-refractivity contribution >= 4 is 12.0 Å². The Morgan fingerprint density at radius 3 is 2.47 bits per heavy atom. The summed E-state index contributed by atoms with van der Waals surface area (Å²) in [5.41, 5.74) is 2.69. The number of carboxylic acid groups (broad SMARTS) is 1. The molecule has 0 spiro atoms. The minimum atomic E-state index is -1.60. The second kappa shape index (κ2) is 6.19. The van der Waals surface area contributed by atoms with Gasteiger partial charge in [0.2, 0.25) is 0 Å². The van der Waals surface area contributed by atoms with E-state index in [0.717, 1.165) is 17.0 Å². The number of hydrogen-bond acceptors (Lipinski definition) is 4. The van der Waals surface area contributed by atoms with E-state index in [1.165, 1.54) is 0 Å². The first-order chi connectivity index (χ1) is 8.82. The first-order valence-electron chi connectivity index (χ1n) is 5.74. The van der Waals surface area contributed by atoms with Gasteiger partial charge in [0.15, 0.2) is 6.10 Å². The number of hydrogen-bond donors (Lipinski definition) is 4. The molecule has 0 saturated carbocycles. The van der Waals surface area contributed by atoms with Crippen molar-refractivity contribution in [3.63, 3.8) is 0 Å². The quantitative estimate of drug-likeness (QED) is 0.563. The number of aliphatic hydroxyl groups excluding tert-OH is 1. The lowest BCUT2D eigenvalue weighted by atomic mass is 10.2. The number of carbonyl (C=O) groups excluding carboxylic acids is 1. The molecule has 1 heterocycles. The number of carboxylic acids is 1. The summed E-state index contributed by atoms with van der Waals surface area (Å²) >= 11 is 0. The molecule has 0 aromatic carbocycles. The molecule has 0 radical (unpaired) electrons. The highest BCUT2D eigenvalue weighted by molar-refractivity contribution is 5.76. The predicted octanol–water partition coefficient (Wildman–Crippen LogP) is -0.718. The topological polar surface area (TPSA) is 116 Å². The highest BCUT2D eigenvalue weighted by Crippen LogP contribution is 2.10. The minimum absolute atomic E-state index is 0.292. The Morgan fingerprint density at radius 2 is 2.00 bits per heavy atom. The SMILES string of the molecule is Cc1nn(C)c(C)c1CNC(=O)NC[C@H](O)C(=O)O. The smallest absolute Gasteiger partial charge is 0.334 e. The molecule has 1 rings (SSSR count). The molecule has 2 amide bonds. The zero-order valence-electron chi connectivity index (χ0n) is 11.1. The Labute approximate surface area is 110 Å². The Kier molecular flexibility index (Phi) is 4.87. The van der Waals surface area contributed by atoms with Crippen molar-refractivity contribution in [3.05, 3.63) is 17.0 Å². The van der Waals surface area contributed by atoms with Crippen LogP contribution in [0.2, 0.25) is 0 Å². The maximum atomic E-state index is 11.4. The van der Waals surface area contributed by atoms with E-state index in [1.807, 2.05) is 20.9 Å². The normalized spacial score (nSPS) is 12.0. The number of urea groups is 1. The van der Waals surface area contributed by atoms with Crippen LogP contribution in [0.3, 0.4) is 0 Å². The number of aliphatic hydroxyl groups is 1. The number of nitrogens with zero attached hydrogens (tertiary/aromatic N) is 2. The number of aliphatic carboxylic acids is 1. The van der Waals surface area contributed by atoms with E-state index >= 15 is 0 Å². The van der Waals surface area contributed by atoms with E-state index in [2.05, 4.69) is 15.7 Å². The van der Waals surface area contributed by atoms with Crippen molar-refractivity contribution < 1.29 is 19.8 Å². The highest BCUT2D eigenvalue weighted by atomic mass is 16.4. The molecule has 19 heavy (non-hydrogen) atoms. The Bertz CT molecular complexity index is 483. The Balaban J connectivity index is 2.44. The summed E-state index contributed by atoms with van der Waals surface area (Å²) in [6.07, 6.45) is -1.60. The van der Waals surface area contributed by atoms with Crippen LogP contribution in [0.15, 0.2) is 0 Å². The van der Waals surface area contributed by atoms with Crippen molar-refractivity contribution in [1.82, 2.24) is 20.4 Å². The van der Waals surface area contributed by atoms with Crippen LogP contribution in [0, 0.1) is 13.8 Å². The molecular formula is C11H18N4O4. The van der Waals surface area contributed by atoms with Crippen molar-refractivity contribution in [2.75, 3.05) is 6.54 Å². The summed E-state index contributed by atoms with van der Waals surface area (Å²) in [5.74, 6) is -1.38. The van der Waals surface area contributed by atoms with Gasteiger partial charge in [-0.2, -0.15) is 5.10 Å². The second-order valence-corrected chi connectivity index (χ2v) is 4.19. The summed E-state index contributed by atoms with van der Waals surface area (Å²) in [6, 6.07) is -0.539. The van der Waals surface area contributed by atoms with Crippen molar-refractivity contribution in [1.29, 1.82) is 0 Å². The summed E-state index contributed by atoms with van der Waals surface area (Å²) < 4.78 is 1.72. The van der Waals surface area contributed by atoms with E-state index in [1.54, 1.807) is 4.68 Å². The van der Waals surface area contributed by atoms with Gasteiger partial charge in [-0.15, -0.1) is 0 Å². The third-order valence-corrected chi connectivity index (χ3v) is 2.83. The van der Waals surface area contributed by atoms with Crippen LogP contribution in [0.4, 0.5) is 4.79 Å². The van der Waals surface area contributed by atoms with E-state index in [9.17, 15) is 9.59 Å². The fraction of sp³-hybridized carbons (Fsp3) is 0.545. The van der Waals surface area contributed by atoms with E-state index in [0.29, 0.717) is 6.54 Å². The van der Waals surface area contributed by atoms with Gasteiger partial charge >= 0.3 is 12.0 Å². The number of aromatic nitrogens is 2. The highest BCUT2D eigenvalue weighted by Gasteiger charge is 2.14. The van der Waals surface area contributed by atoms with Crippen LogP contribution in [-0.4, -0.2) is 44.6 Å². The second-order valence-electron chi connectivity index (χ2n) is 4.19. The zero-order valence-corrected chi connectivity index (χ0v) is 11.1. The molecule has 1 aromatic rings. The van der Waals surface area contributed by atoms with Gasteiger partial charge in [0, 0.05) is 24.8 Å². The van der Waals surface area contributed by atoms with Gasteiger partial charge in [-0.1, -0.05) is 0 Å². The molecule has 4 N–H and O–H groups in total. The Morgan fingerprint density at radius 1 is 1.37 bits per heavy atom. The summed E-state index contributed by atoms with van der Waals surface area (Å²) in [7, 11) is 1.81. The minimum Gasteiger partial charge on any atom is -0.479 e. The molecular weight excluding hydrogens is 252 g/mol. The molecule has 1 aromatic heterocycles. The lowest BCUT2D eigenvalue weighted by Gasteiger charge is -2.09. The van der Waals surface area contributed by atoms with Crippen LogP contribution in [0.5, 0.6) is 0 Å². The van der Waals surface area contributed by atoms with Gasteiger partial charge in [0.05, 0.1) is 12.2 Å². The van der Waals surface area contributed by atoms with Gasteiger partial charge in [0.25, 0.3) is 0 Å². The van der Waals surface area contributed by atoms with E-state index < -0.39 is 18.1 Å². The lowest BCUT2D eigenvalue weighted by Crippen LogP contribution is -2.41. The number of amides is 2. The van der Waals surface area contributed by atoms with Crippen LogP contribution < -0.4 is 10.6 Å². The average Bonchev–Trinajstić information content (AvgIpc) is 2.58. The predicted molar refractivity (Wildman–Crippen MR) is 66.6 cm³/mol. The van der Waals surface area contributed by atoms with Crippen molar-refractivity contribution in [2.24, 2.45) is 7.05 Å². The fourth-order valence-electron chi connectivity index (χ4n) is 1.58. The number of aryl methyl sites for hydroxylation is 2. The number of nitrogens with one attached hydrogen (secondary N) is 2. The van der Waals surface area contributed by atoms with Gasteiger partial charge in [-0.05, 0) is 13.8 Å². The average molecular weight is 270 g/mol. The lowest BCUT2D eigenvalue weighted by molar-refractivity contribution is -0.146. The third kappa shape index (κ3) is 3.95. The molecule has 106 valence electrons.